The van der Waals surface area contributed by atoms with E-state index >= 15 is 0 Å². The predicted molar refractivity (Wildman–Crippen MR) is 171 cm³/mol. The van der Waals surface area contributed by atoms with Crippen molar-refractivity contribution in [3.8, 4) is 0 Å². The fraction of sp³-hybridized carbons (Fsp3) is 0.938. The molecule has 0 aromatic rings. The van der Waals surface area contributed by atoms with E-state index in [1.54, 1.807) is 13.8 Å². The van der Waals surface area contributed by atoms with Gasteiger partial charge in [-0.25, -0.2) is 0 Å². The Morgan fingerprint density at radius 2 is 1.16 bits per heavy atom. The Labute approximate surface area is 290 Å². The second kappa shape index (κ2) is 16.9. The first kappa shape index (κ1) is 50.3. The number of rotatable bonds is 14. The maximum absolute atomic E-state index is 13.5. The van der Waals surface area contributed by atoms with Crippen LogP contribution in [0.2, 0.25) is 0 Å². The van der Waals surface area contributed by atoms with Gasteiger partial charge in [0.25, 0.3) is 10.1 Å². The monoisotopic (exact) mass is 769 g/mol. The lowest BCUT2D eigenvalue weighted by molar-refractivity contribution is -0.406. The van der Waals surface area contributed by atoms with Gasteiger partial charge in [0, 0.05) is 18.9 Å². The molecule has 300 valence electrons. The van der Waals surface area contributed by atoms with Gasteiger partial charge >= 0.3 is 29.9 Å². The summed E-state index contributed by atoms with van der Waals surface area (Å²) in [7, 11) is -4.21. The van der Waals surface area contributed by atoms with Crippen LogP contribution >= 0.6 is 0 Å². The van der Waals surface area contributed by atoms with Crippen molar-refractivity contribution in [2.45, 2.75) is 144 Å². The van der Waals surface area contributed by atoms with E-state index in [9.17, 15) is 57.5 Å². The van der Waals surface area contributed by atoms with Crippen molar-refractivity contribution in [2.24, 2.45) is 34.0 Å². The van der Waals surface area contributed by atoms with E-state index in [0.717, 1.165) is 0 Å². The molecule has 0 aliphatic carbocycles. The van der Waals surface area contributed by atoms with Crippen molar-refractivity contribution in [3.63, 3.8) is 0 Å². The second-order valence-corrected chi connectivity index (χ2v) is 19.0. The van der Waals surface area contributed by atoms with E-state index in [1.807, 2.05) is 41.5 Å². The molecule has 0 heterocycles. The minimum Gasteiger partial charge on any atom is -0.465 e. The summed E-state index contributed by atoms with van der Waals surface area (Å²) in [6.45, 7) is 22.6. The van der Waals surface area contributed by atoms with Crippen molar-refractivity contribution in [3.05, 3.63) is 0 Å². The Balaban J connectivity index is 0. The zero-order valence-electron chi connectivity index (χ0n) is 31.1. The number of carbonyl (C=O) groups excluding carboxylic acids is 2. The van der Waals surface area contributed by atoms with E-state index in [1.165, 1.54) is 13.8 Å². The van der Waals surface area contributed by atoms with Gasteiger partial charge < -0.3 is 15.2 Å². The van der Waals surface area contributed by atoms with Crippen LogP contribution in [0.4, 0.5) is 39.5 Å². The first-order chi connectivity index (χ1) is 21.6. The number of esters is 1. The molecule has 0 aromatic carbocycles. The number of aliphatic hydroxyl groups is 1. The van der Waals surface area contributed by atoms with Gasteiger partial charge in [-0.2, -0.15) is 47.9 Å². The molecule has 1 amide bonds. The Bertz CT molecular complexity index is 1220. The molecule has 3 atom stereocenters. The average molecular weight is 770 g/mol. The molecular weight excluding hydrogens is 713 g/mol. The van der Waals surface area contributed by atoms with E-state index in [4.69, 9.17) is 9.66 Å². The molecule has 0 aromatic heterocycles. The van der Waals surface area contributed by atoms with Crippen LogP contribution in [-0.2, 0) is 24.4 Å². The minimum absolute atomic E-state index is 0.00609. The van der Waals surface area contributed by atoms with Gasteiger partial charge in [0.15, 0.2) is 0 Å². The van der Waals surface area contributed by atoms with Gasteiger partial charge in [-0.05, 0) is 48.9 Å². The third-order valence-electron chi connectivity index (χ3n) is 7.73. The third kappa shape index (κ3) is 14.7. The van der Waals surface area contributed by atoms with Crippen LogP contribution in [0.15, 0.2) is 0 Å². The number of alkyl halides is 9. The summed E-state index contributed by atoms with van der Waals surface area (Å²) in [6.07, 6.45) is -11.0. The number of hydrogen-bond donors (Lipinski definition) is 3. The average Bonchev–Trinajstić information content (AvgIpc) is 2.85. The highest BCUT2D eigenvalue weighted by Crippen LogP contribution is 2.54. The van der Waals surface area contributed by atoms with Gasteiger partial charge in [-0.15, -0.1) is 0 Å². The fourth-order valence-corrected chi connectivity index (χ4v) is 4.58. The first-order valence-electron chi connectivity index (χ1n) is 15.9. The highest BCUT2D eigenvalue weighted by Gasteiger charge is 2.83. The number of halogens is 9. The molecule has 0 saturated carbocycles. The van der Waals surface area contributed by atoms with Crippen LogP contribution in [0.5, 0.6) is 0 Å². The minimum atomic E-state index is -7.09. The lowest BCUT2D eigenvalue weighted by Crippen LogP contribution is -2.64. The van der Waals surface area contributed by atoms with Gasteiger partial charge in [0.1, 0.15) is 10.9 Å². The number of ether oxygens (including phenoxy) is 1. The van der Waals surface area contributed by atoms with Gasteiger partial charge in [-0.3, -0.25) is 14.1 Å². The molecule has 0 radical (unpaired) electrons. The Morgan fingerprint density at radius 1 is 0.740 bits per heavy atom. The fourth-order valence-electron chi connectivity index (χ4n) is 4.33. The molecule has 0 saturated heterocycles. The number of aliphatic hydroxyl groups excluding tert-OH is 1. The summed E-state index contributed by atoms with van der Waals surface area (Å²) in [6, 6.07) is 0. The molecule has 0 aliphatic rings. The van der Waals surface area contributed by atoms with Crippen molar-refractivity contribution < 1.29 is 71.9 Å². The highest BCUT2D eigenvalue weighted by molar-refractivity contribution is 7.87. The molecule has 0 rings (SSSR count). The zero-order chi connectivity index (χ0) is 40.9. The number of nitrogens with one attached hydrogen (secondary N) is 1. The Hall–Kier alpha value is -1.82. The predicted octanol–water partition coefficient (Wildman–Crippen LogP) is 8.32. The second-order valence-electron chi connectivity index (χ2n) is 17.0. The summed E-state index contributed by atoms with van der Waals surface area (Å²) in [4.78, 5) is 24.5. The van der Waals surface area contributed by atoms with Crippen LogP contribution in [0.1, 0.15) is 109 Å². The molecule has 0 spiro atoms. The molecule has 18 heteroatoms. The normalized spacial score (nSPS) is 16.3. The molecule has 0 bridgehead atoms. The molecule has 50 heavy (non-hydrogen) atoms. The quantitative estimate of drug-likeness (QED) is 0.0921. The molecule has 0 aliphatic heterocycles. The van der Waals surface area contributed by atoms with Crippen molar-refractivity contribution >= 4 is 22.0 Å². The van der Waals surface area contributed by atoms with Gasteiger partial charge in [0.05, 0.1) is 12.5 Å². The van der Waals surface area contributed by atoms with E-state index < -0.39 is 69.8 Å². The van der Waals surface area contributed by atoms with E-state index in [0.29, 0.717) is 12.8 Å². The highest BCUT2D eigenvalue weighted by atomic mass is 32.2. The number of carbonyl (C=O) groups is 2. The SMILES string of the molecule is CC(C)(C)CC(C(=O)NCC(C)(C)S(=O)(=O)O)C(C)(C)C.CC(C)C(CC(C)(C)C)C(=O)OCCC(O)C(F)(F)C(F)(F)C(F)(F)C(F)(F)F. The lowest BCUT2D eigenvalue weighted by Gasteiger charge is -2.35. The summed E-state index contributed by atoms with van der Waals surface area (Å²) in [5.41, 5.74) is -0.556. The van der Waals surface area contributed by atoms with Crippen LogP contribution in [-0.4, -0.2) is 77.9 Å². The van der Waals surface area contributed by atoms with Gasteiger partial charge in [0.2, 0.25) is 5.91 Å². The molecular formula is C32H56F9NO7S. The number of hydrogen-bond acceptors (Lipinski definition) is 6. The summed E-state index contributed by atoms with van der Waals surface area (Å²) in [5.74, 6) is -22.4. The van der Waals surface area contributed by atoms with Crippen molar-refractivity contribution in [1.82, 2.24) is 5.32 Å². The van der Waals surface area contributed by atoms with E-state index in [-0.39, 0.29) is 40.5 Å². The van der Waals surface area contributed by atoms with Crippen LogP contribution in [0, 0.1) is 34.0 Å². The van der Waals surface area contributed by atoms with Crippen LogP contribution in [0.3, 0.4) is 0 Å². The van der Waals surface area contributed by atoms with E-state index in [2.05, 4.69) is 30.8 Å². The molecule has 0 fully saturated rings. The summed E-state index contributed by atoms with van der Waals surface area (Å²) in [5, 5.41) is 11.8. The maximum Gasteiger partial charge on any atom is 0.460 e. The van der Waals surface area contributed by atoms with Crippen LogP contribution < -0.4 is 5.32 Å². The maximum atomic E-state index is 13.5. The van der Waals surface area contributed by atoms with Crippen LogP contribution in [0.25, 0.3) is 0 Å². The molecule has 3 unspecified atom stereocenters. The van der Waals surface area contributed by atoms with Gasteiger partial charge in [-0.1, -0.05) is 76.2 Å². The molecule has 8 nitrogen and oxygen atoms in total. The van der Waals surface area contributed by atoms with Crippen molar-refractivity contribution in [1.29, 1.82) is 0 Å². The third-order valence-corrected chi connectivity index (χ3v) is 9.27. The standard InChI is InChI=1S/C17H25F9O3.C15H31NO4S/c1-9(2)10(8-13(3,4)5)12(28)29-7-6-11(27)14(18,19)15(20,21)16(22,23)17(24,25)26;1-13(2,3)9-11(14(4,5)6)12(17)16-10-15(7,8)21(18,19)20/h9-11,27H,6-8H2,1-5H3;11H,9-10H2,1-8H3,(H,16,17)(H,18,19,20). The van der Waals surface area contributed by atoms with Crippen molar-refractivity contribution in [2.75, 3.05) is 13.2 Å². The summed E-state index contributed by atoms with van der Waals surface area (Å²) >= 11 is 0. The lowest BCUT2D eigenvalue weighted by atomic mass is 9.71. The number of amides is 1. The molecule has 3 N–H and O–H groups in total. The summed E-state index contributed by atoms with van der Waals surface area (Å²) < 4.78 is 150. The smallest absolute Gasteiger partial charge is 0.460 e. The topological polar surface area (TPSA) is 130 Å². The first-order valence-corrected chi connectivity index (χ1v) is 17.3. The largest absolute Gasteiger partial charge is 0.465 e. The Morgan fingerprint density at radius 3 is 1.48 bits per heavy atom. The Kier molecular flexibility index (Phi) is 17.0. The zero-order valence-corrected chi connectivity index (χ0v) is 31.9.